The Morgan fingerprint density at radius 1 is 1.06 bits per heavy atom. The van der Waals surface area contributed by atoms with Crippen molar-refractivity contribution in [2.45, 2.75) is 37.2 Å². The quantitative estimate of drug-likeness (QED) is 0.137. The molecule has 1 aliphatic rings. The number of nitriles is 1. The Morgan fingerprint density at radius 3 is 2.39 bits per heavy atom. The Bertz CT molecular complexity index is 2230. The van der Waals surface area contributed by atoms with E-state index >= 15 is 0 Å². The van der Waals surface area contributed by atoms with Crippen molar-refractivity contribution in [1.82, 2.24) is 9.97 Å². The smallest absolute Gasteiger partial charge is 0.294 e. The van der Waals surface area contributed by atoms with Crippen molar-refractivity contribution in [2.75, 3.05) is 22.6 Å². The van der Waals surface area contributed by atoms with Crippen molar-refractivity contribution >= 4 is 77.5 Å². The molecule has 1 aliphatic carbocycles. The van der Waals surface area contributed by atoms with Crippen molar-refractivity contribution in [3.8, 4) is 11.8 Å². The molecule has 0 atom stereocenters. The number of aromatic nitrogens is 2. The number of rotatable bonds is 9. The number of fused-ring (bicyclic) bond motifs is 1. The maximum atomic E-state index is 14.8. The Kier molecular flexibility index (Phi) is 12.0. The molecule has 0 spiro atoms. The normalized spacial score (nSPS) is 12.4. The van der Waals surface area contributed by atoms with E-state index in [1.54, 1.807) is 74.3 Å². The zero-order chi connectivity index (χ0) is 36.2. The lowest BCUT2D eigenvalue weighted by atomic mass is 10.1. The van der Waals surface area contributed by atoms with Crippen LogP contribution < -0.4 is 20.3 Å². The van der Waals surface area contributed by atoms with Gasteiger partial charge in [0.1, 0.15) is 33.8 Å². The number of hydrogen-bond donors (Lipinski definition) is 3. The second kappa shape index (κ2) is 15.8. The fourth-order valence-corrected chi connectivity index (χ4v) is 5.98. The molecule has 0 bridgehead atoms. The molecule has 5 aromatic rings. The first kappa shape index (κ1) is 38.6. The molecule has 6 rings (SSSR count). The molecule has 17 heteroatoms. The van der Waals surface area contributed by atoms with Gasteiger partial charge in [0, 0.05) is 18.7 Å². The number of halogens is 2. The molecule has 1 saturated carbocycles. The number of carbonyl (C=O) groups is 2. The van der Waals surface area contributed by atoms with Crippen molar-refractivity contribution < 1.29 is 37.2 Å². The molecule has 2 amide bonds. The molecule has 0 saturated heterocycles. The van der Waals surface area contributed by atoms with Crippen LogP contribution in [0.15, 0.2) is 83.8 Å². The number of ether oxygens (including phenoxy) is 1. The van der Waals surface area contributed by atoms with Crippen LogP contribution in [0.25, 0.3) is 10.3 Å². The summed E-state index contributed by atoms with van der Waals surface area (Å²) in [6, 6.07) is 21.9. The minimum Gasteiger partial charge on any atom is -0.471 e. The molecule has 3 aromatic carbocycles. The van der Waals surface area contributed by atoms with Crippen LogP contribution in [0.2, 0.25) is 5.02 Å². The van der Waals surface area contributed by atoms with Crippen LogP contribution in [0.3, 0.4) is 0 Å². The highest BCUT2D eigenvalue weighted by Gasteiger charge is 2.30. The Morgan fingerprint density at radius 2 is 1.76 bits per heavy atom. The summed E-state index contributed by atoms with van der Waals surface area (Å²) in [5.41, 5.74) is 0.0633. The summed E-state index contributed by atoms with van der Waals surface area (Å²) in [5.74, 6) is -0.513. The first-order valence-electron chi connectivity index (χ1n) is 15.0. The van der Waals surface area contributed by atoms with Crippen molar-refractivity contribution in [3.63, 3.8) is 0 Å². The molecule has 2 aromatic heterocycles. The molecule has 0 unspecified atom stereocenters. The number of nitrogens with zero attached hydrogens (tertiary/aromatic N) is 4. The average molecular weight is 755 g/mol. The van der Waals surface area contributed by atoms with E-state index in [-0.39, 0.29) is 44.2 Å². The molecular weight excluding hydrogens is 723 g/mol. The predicted molar refractivity (Wildman–Crippen MR) is 193 cm³/mol. The third-order valence-corrected chi connectivity index (χ3v) is 9.37. The first-order chi connectivity index (χ1) is 23.6. The van der Waals surface area contributed by atoms with Crippen molar-refractivity contribution in [3.05, 3.63) is 95.3 Å². The van der Waals surface area contributed by atoms with E-state index in [0.29, 0.717) is 27.0 Å². The number of amides is 2. The largest absolute Gasteiger partial charge is 0.471 e. The zero-order valence-corrected chi connectivity index (χ0v) is 29.7. The molecule has 5 N–H and O–H groups in total. The molecule has 2 heterocycles. The second-order valence-electron chi connectivity index (χ2n) is 11.6. The van der Waals surface area contributed by atoms with E-state index in [9.17, 15) is 27.7 Å². The Labute approximate surface area is 301 Å². The minimum atomic E-state index is -4.00. The summed E-state index contributed by atoms with van der Waals surface area (Å²) >= 11 is 7.68. The van der Waals surface area contributed by atoms with Crippen molar-refractivity contribution in [2.24, 2.45) is 5.92 Å². The third kappa shape index (κ3) is 9.75. The summed E-state index contributed by atoms with van der Waals surface area (Å²) in [5, 5.41) is 15.2. The fourth-order valence-electron chi connectivity index (χ4n) is 4.40. The Balaban J connectivity index is 0.000000458. The van der Waals surface area contributed by atoms with Crippen LogP contribution in [0.4, 0.5) is 26.7 Å². The summed E-state index contributed by atoms with van der Waals surface area (Å²) in [6.45, 7) is 3.14. The molecule has 0 radical (unpaired) electrons. The maximum Gasteiger partial charge on any atom is 0.294 e. The molecule has 266 valence electrons. The standard InChI is InChI=1S/C28H24ClFN6O3S.C6H6O3S.H2O/c1-28(2,14-31)39-21-6-4-5-17(23(21)29)25(38)32-20-13-16(9-10-18(20)30)36(3)22-12-11-19-26(34-22)40-27(33-19)35-24(37)15-7-8-15;7-10(8,9)6-4-2-1-3-5-6;/h4-6,9-13,15H,7-8H2,1-3H3,(H,32,38)(H,33,35,37);1-5H,(H,7,8,9);1H2. The van der Waals surface area contributed by atoms with Gasteiger partial charge in [0.2, 0.25) is 5.91 Å². The van der Waals surface area contributed by atoms with Gasteiger partial charge in [-0.1, -0.05) is 47.2 Å². The van der Waals surface area contributed by atoms with Gasteiger partial charge >= 0.3 is 0 Å². The number of pyridine rings is 1. The topological polar surface area (TPSA) is 206 Å². The number of benzene rings is 3. The number of nitrogens with one attached hydrogen (secondary N) is 2. The van der Waals surface area contributed by atoms with Crippen LogP contribution in [-0.4, -0.2) is 52.9 Å². The van der Waals surface area contributed by atoms with Gasteiger partial charge in [-0.25, -0.2) is 14.4 Å². The second-order valence-corrected chi connectivity index (χ2v) is 14.4. The van der Waals surface area contributed by atoms with E-state index in [1.165, 1.54) is 41.7 Å². The molecular formula is C34H32ClFN6O7S2. The van der Waals surface area contributed by atoms with Gasteiger partial charge in [0.15, 0.2) is 10.7 Å². The van der Waals surface area contributed by atoms with E-state index in [4.69, 9.17) is 20.9 Å². The highest BCUT2D eigenvalue weighted by molar-refractivity contribution is 7.85. The molecule has 51 heavy (non-hydrogen) atoms. The lowest BCUT2D eigenvalue weighted by Gasteiger charge is -2.20. The van der Waals surface area contributed by atoms with E-state index in [2.05, 4.69) is 20.6 Å². The Hall–Kier alpha value is -5.18. The van der Waals surface area contributed by atoms with Gasteiger partial charge in [-0.05, 0) is 81.3 Å². The van der Waals surface area contributed by atoms with Gasteiger partial charge in [0.25, 0.3) is 16.0 Å². The number of hydrogen-bond acceptors (Lipinski definition) is 10. The number of anilines is 4. The number of carbonyl (C=O) groups excluding carboxylic acids is 2. The van der Waals surface area contributed by atoms with Crippen molar-refractivity contribution in [1.29, 1.82) is 5.26 Å². The monoisotopic (exact) mass is 754 g/mol. The maximum absolute atomic E-state index is 14.8. The lowest BCUT2D eigenvalue weighted by Crippen LogP contribution is -2.26. The first-order valence-corrected chi connectivity index (χ1v) is 17.6. The summed E-state index contributed by atoms with van der Waals surface area (Å²) in [4.78, 5) is 36.5. The van der Waals surface area contributed by atoms with Gasteiger partial charge in [-0.2, -0.15) is 13.7 Å². The van der Waals surface area contributed by atoms with Crippen LogP contribution >= 0.6 is 22.9 Å². The average Bonchev–Trinajstić information content (AvgIpc) is 3.86. The van der Waals surface area contributed by atoms with Crippen LogP contribution in [0.5, 0.6) is 5.75 Å². The van der Waals surface area contributed by atoms with E-state index in [0.717, 1.165) is 12.8 Å². The highest BCUT2D eigenvalue weighted by atomic mass is 35.5. The van der Waals surface area contributed by atoms with E-state index in [1.807, 2.05) is 6.07 Å². The summed E-state index contributed by atoms with van der Waals surface area (Å²) < 4.78 is 49.6. The predicted octanol–water partition coefficient (Wildman–Crippen LogP) is 6.64. The minimum absolute atomic E-state index is 0. The summed E-state index contributed by atoms with van der Waals surface area (Å²) in [7, 11) is -2.24. The SMILES string of the molecule is CN(c1ccc(F)c(NC(=O)c2cccc(OC(C)(C)C#N)c2Cl)c1)c1ccc2nc(NC(=O)C3CC3)sc2n1.O.O=S(=O)(O)c1ccccc1. The highest BCUT2D eigenvalue weighted by Crippen LogP contribution is 2.35. The fraction of sp³-hybridized carbons (Fsp3) is 0.206. The van der Waals surface area contributed by atoms with Crippen LogP contribution in [-0.2, 0) is 14.9 Å². The lowest BCUT2D eigenvalue weighted by molar-refractivity contribution is -0.117. The number of thiazole rings is 1. The molecule has 0 aliphatic heterocycles. The van der Waals surface area contributed by atoms with Gasteiger partial charge in [-0.3, -0.25) is 14.1 Å². The van der Waals surface area contributed by atoms with Gasteiger partial charge in [0.05, 0.1) is 21.2 Å². The molecule has 13 nitrogen and oxygen atoms in total. The van der Waals surface area contributed by atoms with E-state index < -0.39 is 27.4 Å². The van der Waals surface area contributed by atoms with Gasteiger partial charge in [-0.15, -0.1) is 0 Å². The van der Waals surface area contributed by atoms with Crippen LogP contribution in [0, 0.1) is 23.1 Å². The molecule has 1 fully saturated rings. The third-order valence-electron chi connectivity index (χ3n) is 7.23. The zero-order valence-electron chi connectivity index (χ0n) is 27.3. The van der Waals surface area contributed by atoms with Gasteiger partial charge < -0.3 is 25.7 Å². The van der Waals surface area contributed by atoms with Crippen LogP contribution in [0.1, 0.15) is 37.0 Å². The summed E-state index contributed by atoms with van der Waals surface area (Å²) in [6.07, 6.45) is 1.80.